The molecule has 0 unspecified atom stereocenters. The highest BCUT2D eigenvalue weighted by Gasteiger charge is 2.35. The molecule has 0 saturated carbocycles. The fraction of sp³-hybridized carbons (Fsp3) is 0.421. The van der Waals surface area contributed by atoms with Crippen molar-refractivity contribution in [3.63, 3.8) is 0 Å². The first kappa shape index (κ1) is 21.9. The third-order valence-corrected chi connectivity index (χ3v) is 5.94. The molecule has 0 spiro atoms. The summed E-state index contributed by atoms with van der Waals surface area (Å²) in [6.07, 6.45) is 1.25. The summed E-state index contributed by atoms with van der Waals surface area (Å²) in [6.45, 7) is 2.79. The zero-order valence-electron chi connectivity index (χ0n) is 17.9. The molecule has 4 heterocycles. The number of hydrogen-bond acceptors (Lipinski definition) is 11. The molecule has 32 heavy (non-hydrogen) atoms. The van der Waals surface area contributed by atoms with E-state index in [1.165, 1.54) is 13.2 Å². The molecule has 1 N–H and O–H groups in total. The molecular weight excluding hydrogens is 440 g/mol. The summed E-state index contributed by atoms with van der Waals surface area (Å²) < 4.78 is 23.0. The molecule has 1 aliphatic heterocycles. The molecule has 1 saturated heterocycles. The zero-order valence-corrected chi connectivity index (χ0v) is 18.7. The average Bonchev–Trinajstić information content (AvgIpc) is 3.52. The summed E-state index contributed by atoms with van der Waals surface area (Å²) in [5.41, 5.74) is 0.523. The second kappa shape index (κ2) is 9.06. The molecule has 170 valence electrons. The van der Waals surface area contributed by atoms with E-state index < -0.39 is 11.5 Å². The molecule has 0 bridgehead atoms. The van der Waals surface area contributed by atoms with Crippen LogP contribution in [0.2, 0.25) is 0 Å². The minimum Gasteiger partial charge on any atom is -0.488 e. The summed E-state index contributed by atoms with van der Waals surface area (Å²) >= 11 is 1.13. The van der Waals surface area contributed by atoms with Gasteiger partial charge in [0.15, 0.2) is 5.76 Å². The molecule has 12 nitrogen and oxygen atoms in total. The molecule has 3 aromatic rings. The molecule has 1 amide bonds. The molecule has 13 heteroatoms. The van der Waals surface area contributed by atoms with Crippen molar-refractivity contribution in [3.8, 4) is 10.9 Å². The van der Waals surface area contributed by atoms with E-state index in [1.54, 1.807) is 25.1 Å². The van der Waals surface area contributed by atoms with Gasteiger partial charge < -0.3 is 23.5 Å². The molecule has 0 aliphatic carbocycles. The number of methoxy groups -OCH3 is 3. The zero-order chi connectivity index (χ0) is 22.8. The lowest BCUT2D eigenvalue weighted by molar-refractivity contribution is -0.00461. The lowest BCUT2D eigenvalue weighted by Crippen LogP contribution is -2.27. The Hall–Kier alpha value is -3.29. The maximum atomic E-state index is 12.8. The number of carbonyl (C=O) groups excluding carboxylic acids is 1. The van der Waals surface area contributed by atoms with Crippen LogP contribution < -0.4 is 20.6 Å². The van der Waals surface area contributed by atoms with Gasteiger partial charge in [0.2, 0.25) is 16.0 Å². The Morgan fingerprint density at radius 1 is 1.22 bits per heavy atom. The minimum atomic E-state index is -0.768. The Kier molecular flexibility index (Phi) is 6.21. The smallest absolute Gasteiger partial charge is 0.381 e. The third-order valence-electron chi connectivity index (χ3n) is 5.13. The Morgan fingerprint density at radius 3 is 2.53 bits per heavy atom. The maximum Gasteiger partial charge on any atom is 0.381 e. The van der Waals surface area contributed by atoms with Gasteiger partial charge in [0.25, 0.3) is 5.91 Å². The molecule has 0 radical (unpaired) electrons. The molecule has 0 aromatic carbocycles. The van der Waals surface area contributed by atoms with Crippen molar-refractivity contribution in [3.05, 3.63) is 40.2 Å². The van der Waals surface area contributed by atoms with Crippen LogP contribution in [-0.2, 0) is 9.47 Å². The number of hydrogen-bond donors (Lipinski definition) is 1. The van der Waals surface area contributed by atoms with E-state index in [0.717, 1.165) is 17.0 Å². The van der Waals surface area contributed by atoms with Crippen LogP contribution in [0.4, 0.5) is 10.8 Å². The van der Waals surface area contributed by atoms with E-state index in [4.69, 9.17) is 18.6 Å². The van der Waals surface area contributed by atoms with Gasteiger partial charge in [0.05, 0.1) is 12.8 Å². The van der Waals surface area contributed by atoms with E-state index in [1.807, 2.05) is 17.9 Å². The van der Waals surface area contributed by atoms with Gasteiger partial charge >= 0.3 is 5.63 Å². The summed E-state index contributed by atoms with van der Waals surface area (Å²) in [7, 11) is 4.56. The number of nitrogens with one attached hydrogen (secondary N) is 1. The summed E-state index contributed by atoms with van der Waals surface area (Å²) in [6, 6.07) is 3.29. The first-order valence-corrected chi connectivity index (χ1v) is 10.4. The van der Waals surface area contributed by atoms with Gasteiger partial charge in [-0.3, -0.25) is 10.1 Å². The number of rotatable bonds is 7. The summed E-state index contributed by atoms with van der Waals surface area (Å²) in [5.74, 6) is -0.829. The lowest BCUT2D eigenvalue weighted by Gasteiger charge is -2.20. The second-order valence-corrected chi connectivity index (χ2v) is 7.95. The molecule has 1 aliphatic rings. The Morgan fingerprint density at radius 2 is 1.94 bits per heavy atom. The van der Waals surface area contributed by atoms with Crippen molar-refractivity contribution >= 4 is 28.1 Å². The minimum absolute atomic E-state index is 0.000477. The van der Waals surface area contributed by atoms with Crippen molar-refractivity contribution in [2.24, 2.45) is 0 Å². The molecule has 3 aromatic heterocycles. The van der Waals surface area contributed by atoms with Crippen LogP contribution in [0.3, 0.4) is 0 Å². The quantitative estimate of drug-likeness (QED) is 0.544. The predicted octanol–water partition coefficient (Wildman–Crippen LogP) is 1.10. The highest BCUT2D eigenvalue weighted by atomic mass is 32.1. The number of aromatic nitrogens is 4. The number of ether oxygens (including phenoxy) is 3. The van der Waals surface area contributed by atoms with Crippen LogP contribution >= 0.6 is 11.3 Å². The van der Waals surface area contributed by atoms with Crippen LogP contribution in [0.1, 0.15) is 16.2 Å². The van der Waals surface area contributed by atoms with E-state index in [2.05, 4.69) is 20.6 Å². The largest absolute Gasteiger partial charge is 0.488 e. The number of aryl methyl sites for hydroxylation is 1. The highest BCUT2D eigenvalue weighted by molar-refractivity contribution is 7.17. The van der Waals surface area contributed by atoms with Crippen LogP contribution in [0.25, 0.3) is 5.13 Å². The Balaban J connectivity index is 1.59. The monoisotopic (exact) mass is 462 g/mol. The molecule has 1 fully saturated rings. The number of anilines is 2. The van der Waals surface area contributed by atoms with Crippen LogP contribution in [0, 0.1) is 6.92 Å². The van der Waals surface area contributed by atoms with Crippen molar-refractivity contribution < 1.29 is 23.4 Å². The maximum absolute atomic E-state index is 12.8. The van der Waals surface area contributed by atoms with Gasteiger partial charge in [0.1, 0.15) is 12.2 Å². The normalized spacial score (nSPS) is 18.2. The van der Waals surface area contributed by atoms with Gasteiger partial charge in [-0.05, 0) is 13.0 Å². The van der Waals surface area contributed by atoms with Gasteiger partial charge in [0, 0.05) is 45.3 Å². The topological polar surface area (TPSA) is 134 Å². The highest BCUT2D eigenvalue weighted by Crippen LogP contribution is 2.31. The van der Waals surface area contributed by atoms with Crippen LogP contribution in [-0.4, -0.2) is 72.5 Å². The van der Waals surface area contributed by atoms with Crippen LogP contribution in [0.5, 0.6) is 5.75 Å². The van der Waals surface area contributed by atoms with E-state index in [-0.39, 0.29) is 28.8 Å². The molecule has 4 rings (SSSR count). The number of amides is 1. The standard InChI is InChI=1S/C19H22N6O6S/c1-10-5-6-20-25(10)19-23-22-18(32-19)21-16(26)12-7-11(15(30-4)17(27)31-12)24-8-13(28-2)14(9-24)29-3/h5-7,13-14H,8-9H2,1-4H3,(H,21,22,26)/t13-,14+. The molecule has 2 atom stereocenters. The van der Waals surface area contributed by atoms with Crippen LogP contribution in [0.15, 0.2) is 27.5 Å². The SMILES string of the molecule is COc1c(N2C[C@H](OC)[C@H](OC)C2)cc(C(=O)Nc2nnc(-n3nccc3C)s2)oc1=O. The number of nitrogens with zero attached hydrogens (tertiary/aromatic N) is 5. The van der Waals surface area contributed by atoms with E-state index in [9.17, 15) is 9.59 Å². The Labute approximate surface area is 186 Å². The van der Waals surface area contributed by atoms with Crippen molar-refractivity contribution in [1.82, 2.24) is 20.0 Å². The van der Waals surface area contributed by atoms with Gasteiger partial charge in [-0.2, -0.15) is 5.10 Å². The average molecular weight is 462 g/mol. The summed E-state index contributed by atoms with van der Waals surface area (Å²) in [5, 5.41) is 15.5. The van der Waals surface area contributed by atoms with E-state index in [0.29, 0.717) is 23.9 Å². The second-order valence-electron chi connectivity index (χ2n) is 7.00. The van der Waals surface area contributed by atoms with E-state index >= 15 is 0 Å². The van der Waals surface area contributed by atoms with Crippen molar-refractivity contribution in [2.45, 2.75) is 19.1 Å². The number of carbonyl (C=O) groups is 1. The Bertz CT molecular complexity index is 1160. The van der Waals surface area contributed by atoms with Gasteiger partial charge in [-0.15, -0.1) is 10.2 Å². The lowest BCUT2D eigenvalue weighted by atomic mass is 10.3. The first-order valence-electron chi connectivity index (χ1n) is 9.63. The molecular formula is C19H22N6O6S. The fourth-order valence-corrected chi connectivity index (χ4v) is 4.24. The van der Waals surface area contributed by atoms with Gasteiger partial charge in [-0.1, -0.05) is 11.3 Å². The summed E-state index contributed by atoms with van der Waals surface area (Å²) in [4.78, 5) is 27.2. The fourth-order valence-electron chi connectivity index (χ4n) is 3.48. The van der Waals surface area contributed by atoms with Crippen molar-refractivity contribution in [2.75, 3.05) is 44.6 Å². The van der Waals surface area contributed by atoms with Crippen molar-refractivity contribution in [1.29, 1.82) is 0 Å². The first-order chi connectivity index (χ1) is 15.4. The predicted molar refractivity (Wildman–Crippen MR) is 115 cm³/mol. The van der Waals surface area contributed by atoms with Gasteiger partial charge in [-0.25, -0.2) is 9.48 Å². The third kappa shape index (κ3) is 4.09.